The van der Waals surface area contributed by atoms with Crippen LogP contribution in [0.15, 0.2) is 0 Å². The van der Waals surface area contributed by atoms with Gasteiger partial charge in [0.2, 0.25) is 5.91 Å². The molecule has 2 aliphatic rings. The zero-order valence-electron chi connectivity index (χ0n) is 11.5. The first kappa shape index (κ1) is 13.8. The molecule has 0 spiro atoms. The molecule has 5 nitrogen and oxygen atoms in total. The Morgan fingerprint density at radius 1 is 1.28 bits per heavy atom. The Kier molecular flexibility index (Phi) is 4.97. The number of morpholine rings is 1. The lowest BCUT2D eigenvalue weighted by atomic mass is 10.2. The van der Waals surface area contributed by atoms with Crippen molar-refractivity contribution < 1.29 is 9.53 Å². The summed E-state index contributed by atoms with van der Waals surface area (Å²) in [6.45, 7) is 10.5. The molecule has 0 aromatic carbocycles. The van der Waals surface area contributed by atoms with Crippen molar-refractivity contribution in [3.8, 4) is 0 Å². The molecular weight excluding hydrogens is 230 g/mol. The van der Waals surface area contributed by atoms with E-state index in [4.69, 9.17) is 4.74 Å². The number of ether oxygens (including phenoxy) is 1. The molecule has 0 bridgehead atoms. The van der Waals surface area contributed by atoms with Crippen LogP contribution in [0.5, 0.6) is 0 Å². The number of carbonyl (C=O) groups is 1. The van der Waals surface area contributed by atoms with Gasteiger partial charge in [0.05, 0.1) is 19.3 Å². The van der Waals surface area contributed by atoms with Crippen molar-refractivity contribution in [3.05, 3.63) is 0 Å². The second-order valence-electron chi connectivity index (χ2n) is 5.44. The number of carbonyl (C=O) groups excluding carboxylic acids is 1. The molecular formula is C13H25N3O2. The highest BCUT2D eigenvalue weighted by Gasteiger charge is 2.31. The van der Waals surface area contributed by atoms with Gasteiger partial charge in [0, 0.05) is 38.8 Å². The highest BCUT2D eigenvalue weighted by molar-refractivity contribution is 5.84. The lowest BCUT2D eigenvalue weighted by molar-refractivity contribution is -0.129. The maximum Gasteiger partial charge on any atom is 0.239 e. The number of likely N-dealkylation sites (tertiary alicyclic amines) is 1. The van der Waals surface area contributed by atoms with E-state index in [1.54, 1.807) is 0 Å². The van der Waals surface area contributed by atoms with E-state index in [0.717, 1.165) is 52.4 Å². The smallest absolute Gasteiger partial charge is 0.239 e. The molecule has 0 radical (unpaired) electrons. The van der Waals surface area contributed by atoms with Crippen LogP contribution in [-0.2, 0) is 9.53 Å². The summed E-state index contributed by atoms with van der Waals surface area (Å²) in [5.41, 5.74) is 0. The van der Waals surface area contributed by atoms with Crippen molar-refractivity contribution in [3.63, 3.8) is 0 Å². The number of hydrogen-bond acceptors (Lipinski definition) is 4. The highest BCUT2D eigenvalue weighted by Crippen LogP contribution is 2.12. The summed E-state index contributed by atoms with van der Waals surface area (Å²) < 4.78 is 5.32. The Hall–Kier alpha value is -0.650. The van der Waals surface area contributed by atoms with E-state index < -0.39 is 0 Å². The molecule has 0 aromatic heterocycles. The molecule has 1 amide bonds. The largest absolute Gasteiger partial charge is 0.379 e. The molecule has 2 heterocycles. The van der Waals surface area contributed by atoms with Crippen LogP contribution in [0.4, 0.5) is 0 Å². The summed E-state index contributed by atoms with van der Waals surface area (Å²) >= 11 is 0. The molecule has 18 heavy (non-hydrogen) atoms. The summed E-state index contributed by atoms with van der Waals surface area (Å²) in [5.74, 6) is 0.275. The molecule has 1 atom stereocenters. The molecule has 104 valence electrons. The zero-order chi connectivity index (χ0) is 13.0. The second kappa shape index (κ2) is 6.50. The summed E-state index contributed by atoms with van der Waals surface area (Å²) in [4.78, 5) is 16.5. The normalized spacial score (nSPS) is 26.3. The maximum absolute atomic E-state index is 12.1. The molecule has 0 aromatic rings. The molecule has 0 saturated carbocycles. The van der Waals surface area contributed by atoms with E-state index in [1.807, 2.05) is 4.90 Å². The van der Waals surface area contributed by atoms with Gasteiger partial charge in [-0.05, 0) is 6.42 Å². The number of hydrogen-bond donors (Lipinski definition) is 1. The SMILES string of the molecule is CC(C)NC1CCN(CCN2CCOCC2)C1=O. The van der Waals surface area contributed by atoms with Gasteiger partial charge in [-0.3, -0.25) is 9.69 Å². The lowest BCUT2D eigenvalue weighted by Gasteiger charge is -2.28. The first-order chi connectivity index (χ1) is 8.66. The molecule has 1 N–H and O–H groups in total. The van der Waals surface area contributed by atoms with Crippen LogP contribution in [-0.4, -0.2) is 73.7 Å². The predicted octanol–water partition coefficient (Wildman–Crippen LogP) is -0.0825. The molecule has 0 aliphatic carbocycles. The topological polar surface area (TPSA) is 44.8 Å². The van der Waals surface area contributed by atoms with Gasteiger partial charge in [-0.15, -0.1) is 0 Å². The second-order valence-corrected chi connectivity index (χ2v) is 5.44. The number of nitrogens with zero attached hydrogens (tertiary/aromatic N) is 2. The zero-order valence-corrected chi connectivity index (χ0v) is 11.5. The third-order valence-corrected chi connectivity index (χ3v) is 3.62. The summed E-state index contributed by atoms with van der Waals surface area (Å²) in [6.07, 6.45) is 0.945. The van der Waals surface area contributed by atoms with Crippen LogP contribution in [0.1, 0.15) is 20.3 Å². The minimum atomic E-state index is 0.0367. The van der Waals surface area contributed by atoms with Crippen molar-refractivity contribution in [1.82, 2.24) is 15.1 Å². The van der Waals surface area contributed by atoms with Crippen LogP contribution in [0.3, 0.4) is 0 Å². The van der Waals surface area contributed by atoms with E-state index in [0.29, 0.717) is 6.04 Å². The van der Waals surface area contributed by atoms with E-state index in [-0.39, 0.29) is 11.9 Å². The third-order valence-electron chi connectivity index (χ3n) is 3.62. The van der Waals surface area contributed by atoms with E-state index in [9.17, 15) is 4.79 Å². The Labute approximate surface area is 109 Å². The Balaban J connectivity index is 1.72. The lowest BCUT2D eigenvalue weighted by Crippen LogP contribution is -2.45. The van der Waals surface area contributed by atoms with Gasteiger partial charge in [-0.2, -0.15) is 0 Å². The predicted molar refractivity (Wildman–Crippen MR) is 70.5 cm³/mol. The van der Waals surface area contributed by atoms with E-state index in [1.165, 1.54) is 0 Å². The standard InChI is InChI=1S/C13H25N3O2/c1-11(2)14-12-3-4-16(13(12)17)6-5-15-7-9-18-10-8-15/h11-12,14H,3-10H2,1-2H3. The molecule has 2 fully saturated rings. The van der Waals surface area contributed by atoms with Crippen LogP contribution in [0, 0.1) is 0 Å². The minimum absolute atomic E-state index is 0.0367. The Bertz CT molecular complexity index is 277. The van der Waals surface area contributed by atoms with Crippen molar-refractivity contribution in [2.24, 2.45) is 0 Å². The van der Waals surface area contributed by atoms with Crippen molar-refractivity contribution >= 4 is 5.91 Å². The molecule has 2 rings (SSSR count). The van der Waals surface area contributed by atoms with Gasteiger partial charge in [-0.25, -0.2) is 0 Å². The average Bonchev–Trinajstić information content (AvgIpc) is 2.69. The fourth-order valence-corrected chi connectivity index (χ4v) is 2.60. The van der Waals surface area contributed by atoms with Crippen molar-refractivity contribution in [1.29, 1.82) is 0 Å². The average molecular weight is 255 g/mol. The minimum Gasteiger partial charge on any atom is -0.379 e. The maximum atomic E-state index is 12.1. The van der Waals surface area contributed by atoms with Crippen LogP contribution >= 0.6 is 0 Å². The van der Waals surface area contributed by atoms with Gasteiger partial charge < -0.3 is 15.0 Å². The first-order valence-corrected chi connectivity index (χ1v) is 7.02. The first-order valence-electron chi connectivity index (χ1n) is 7.02. The fraction of sp³-hybridized carbons (Fsp3) is 0.923. The van der Waals surface area contributed by atoms with Crippen LogP contribution in [0.2, 0.25) is 0 Å². The quantitative estimate of drug-likeness (QED) is 0.746. The molecule has 2 saturated heterocycles. The third kappa shape index (κ3) is 3.67. The highest BCUT2D eigenvalue weighted by atomic mass is 16.5. The van der Waals surface area contributed by atoms with Gasteiger partial charge in [0.25, 0.3) is 0 Å². The number of rotatable bonds is 5. The summed E-state index contributed by atoms with van der Waals surface area (Å²) in [5, 5.41) is 3.33. The monoisotopic (exact) mass is 255 g/mol. The fourth-order valence-electron chi connectivity index (χ4n) is 2.60. The molecule has 2 aliphatic heterocycles. The van der Waals surface area contributed by atoms with Gasteiger partial charge in [0.15, 0.2) is 0 Å². The van der Waals surface area contributed by atoms with Crippen molar-refractivity contribution in [2.45, 2.75) is 32.4 Å². The van der Waals surface area contributed by atoms with Crippen molar-refractivity contribution in [2.75, 3.05) is 45.9 Å². The molecule has 5 heteroatoms. The van der Waals surface area contributed by atoms with Crippen LogP contribution < -0.4 is 5.32 Å². The van der Waals surface area contributed by atoms with Crippen LogP contribution in [0.25, 0.3) is 0 Å². The van der Waals surface area contributed by atoms with E-state index >= 15 is 0 Å². The van der Waals surface area contributed by atoms with Gasteiger partial charge in [0.1, 0.15) is 0 Å². The summed E-state index contributed by atoms with van der Waals surface area (Å²) in [6, 6.07) is 0.410. The number of nitrogens with one attached hydrogen (secondary N) is 1. The Morgan fingerprint density at radius 2 is 2.00 bits per heavy atom. The van der Waals surface area contributed by atoms with Gasteiger partial charge in [-0.1, -0.05) is 13.8 Å². The molecule has 1 unspecified atom stereocenters. The van der Waals surface area contributed by atoms with Gasteiger partial charge >= 0.3 is 0 Å². The summed E-state index contributed by atoms with van der Waals surface area (Å²) in [7, 11) is 0. The Morgan fingerprint density at radius 3 is 2.67 bits per heavy atom. The van der Waals surface area contributed by atoms with E-state index in [2.05, 4.69) is 24.1 Å². The number of amides is 1.